The summed E-state index contributed by atoms with van der Waals surface area (Å²) in [5, 5.41) is 12.3. The lowest BCUT2D eigenvalue weighted by atomic mass is 10.1. The van der Waals surface area contributed by atoms with E-state index < -0.39 is 0 Å². The van der Waals surface area contributed by atoms with Gasteiger partial charge in [-0.05, 0) is 43.4 Å². The SMILES string of the molecule is N#Cc1cccc(CCCCc2nc(-c3ccccc3)cs2)c1. The van der Waals surface area contributed by atoms with Gasteiger partial charge in [0.25, 0.3) is 0 Å². The van der Waals surface area contributed by atoms with Crippen molar-refractivity contribution in [3.05, 3.63) is 76.1 Å². The second kappa shape index (κ2) is 7.71. The summed E-state index contributed by atoms with van der Waals surface area (Å²) in [4.78, 5) is 4.73. The Bertz CT molecular complexity index is 800. The molecule has 114 valence electrons. The minimum Gasteiger partial charge on any atom is -0.241 e. The van der Waals surface area contributed by atoms with E-state index in [1.807, 2.05) is 36.4 Å². The Morgan fingerprint density at radius 2 is 1.78 bits per heavy atom. The summed E-state index contributed by atoms with van der Waals surface area (Å²) in [5.74, 6) is 0. The molecule has 3 aromatic rings. The fourth-order valence-electron chi connectivity index (χ4n) is 2.57. The van der Waals surface area contributed by atoms with Crippen molar-refractivity contribution in [1.82, 2.24) is 4.98 Å². The zero-order valence-electron chi connectivity index (χ0n) is 12.9. The lowest BCUT2D eigenvalue weighted by molar-refractivity contribution is 0.731. The van der Waals surface area contributed by atoms with E-state index in [0.29, 0.717) is 0 Å². The second-order valence-electron chi connectivity index (χ2n) is 5.51. The monoisotopic (exact) mass is 318 g/mol. The molecule has 0 aliphatic rings. The first-order valence-corrected chi connectivity index (χ1v) is 8.72. The Labute approximate surface area is 141 Å². The van der Waals surface area contributed by atoms with Gasteiger partial charge >= 0.3 is 0 Å². The first-order chi connectivity index (χ1) is 11.3. The van der Waals surface area contributed by atoms with Gasteiger partial charge in [-0.15, -0.1) is 11.3 Å². The smallest absolute Gasteiger partial charge is 0.0991 e. The number of aromatic nitrogens is 1. The van der Waals surface area contributed by atoms with E-state index in [-0.39, 0.29) is 0 Å². The van der Waals surface area contributed by atoms with E-state index in [9.17, 15) is 0 Å². The van der Waals surface area contributed by atoms with E-state index in [1.54, 1.807) is 11.3 Å². The first-order valence-electron chi connectivity index (χ1n) is 7.84. The number of nitrogens with zero attached hydrogens (tertiary/aromatic N) is 2. The number of benzene rings is 2. The Hall–Kier alpha value is -2.44. The molecule has 0 spiro atoms. The molecule has 3 heteroatoms. The summed E-state index contributed by atoms with van der Waals surface area (Å²) in [6, 6.07) is 20.4. The number of nitriles is 1. The predicted octanol–water partition coefficient (Wildman–Crippen LogP) is 5.25. The van der Waals surface area contributed by atoms with Crippen LogP contribution in [0.2, 0.25) is 0 Å². The van der Waals surface area contributed by atoms with Crippen molar-refractivity contribution in [3.8, 4) is 17.3 Å². The van der Waals surface area contributed by atoms with Crippen molar-refractivity contribution in [1.29, 1.82) is 5.26 Å². The molecule has 0 saturated carbocycles. The maximum atomic E-state index is 8.92. The molecule has 23 heavy (non-hydrogen) atoms. The standard InChI is InChI=1S/C20H18N2S/c21-14-17-9-6-8-16(13-17)7-4-5-12-20-22-19(15-23-20)18-10-2-1-3-11-18/h1-3,6,8-11,13,15H,4-5,7,12H2. The quantitative estimate of drug-likeness (QED) is 0.582. The zero-order valence-corrected chi connectivity index (χ0v) is 13.7. The van der Waals surface area contributed by atoms with Crippen LogP contribution in [-0.2, 0) is 12.8 Å². The van der Waals surface area contributed by atoms with Gasteiger partial charge in [-0.3, -0.25) is 0 Å². The lowest BCUT2D eigenvalue weighted by Gasteiger charge is -2.01. The minimum atomic E-state index is 0.745. The second-order valence-corrected chi connectivity index (χ2v) is 6.45. The third kappa shape index (κ3) is 4.28. The normalized spacial score (nSPS) is 10.4. The van der Waals surface area contributed by atoms with Crippen molar-refractivity contribution < 1.29 is 0 Å². The third-order valence-corrected chi connectivity index (χ3v) is 4.69. The minimum absolute atomic E-state index is 0.745. The maximum Gasteiger partial charge on any atom is 0.0991 e. The topological polar surface area (TPSA) is 36.7 Å². The highest BCUT2D eigenvalue weighted by molar-refractivity contribution is 7.09. The van der Waals surface area contributed by atoms with Crippen LogP contribution in [0.15, 0.2) is 60.0 Å². The average Bonchev–Trinajstić information content (AvgIpc) is 3.09. The molecule has 1 aromatic heterocycles. The number of aryl methyl sites for hydroxylation is 2. The summed E-state index contributed by atoms with van der Waals surface area (Å²) < 4.78 is 0. The van der Waals surface area contributed by atoms with Crippen molar-refractivity contribution in [2.75, 3.05) is 0 Å². The summed E-state index contributed by atoms with van der Waals surface area (Å²) in [7, 11) is 0. The number of unbranched alkanes of at least 4 members (excludes halogenated alkanes) is 1. The van der Waals surface area contributed by atoms with Crippen molar-refractivity contribution in [2.24, 2.45) is 0 Å². The molecule has 2 nitrogen and oxygen atoms in total. The Morgan fingerprint density at radius 1 is 0.957 bits per heavy atom. The molecule has 0 aliphatic carbocycles. The van der Waals surface area contributed by atoms with Gasteiger partial charge in [0.15, 0.2) is 0 Å². The van der Waals surface area contributed by atoms with Gasteiger partial charge in [-0.1, -0.05) is 42.5 Å². The Balaban J connectivity index is 1.50. The van der Waals surface area contributed by atoms with Crippen LogP contribution in [0.1, 0.15) is 29.0 Å². The van der Waals surface area contributed by atoms with E-state index in [1.165, 1.54) is 16.1 Å². The molecule has 0 saturated heterocycles. The number of rotatable bonds is 6. The van der Waals surface area contributed by atoms with Crippen molar-refractivity contribution in [2.45, 2.75) is 25.7 Å². The highest BCUT2D eigenvalue weighted by Crippen LogP contribution is 2.22. The molecule has 3 rings (SSSR count). The molecule has 0 amide bonds. The first kappa shape index (κ1) is 15.5. The molecule has 2 aromatic carbocycles. The van der Waals surface area contributed by atoms with Gasteiger partial charge in [0.1, 0.15) is 0 Å². The summed E-state index contributed by atoms with van der Waals surface area (Å²) in [6.07, 6.45) is 4.29. The molecular weight excluding hydrogens is 300 g/mol. The highest BCUT2D eigenvalue weighted by Gasteiger charge is 2.04. The van der Waals surface area contributed by atoms with Crippen LogP contribution in [0.3, 0.4) is 0 Å². The molecule has 0 aliphatic heterocycles. The van der Waals surface area contributed by atoms with E-state index in [2.05, 4.69) is 29.6 Å². The Morgan fingerprint density at radius 3 is 2.61 bits per heavy atom. The van der Waals surface area contributed by atoms with Gasteiger partial charge in [0.2, 0.25) is 0 Å². The van der Waals surface area contributed by atoms with E-state index >= 15 is 0 Å². The van der Waals surface area contributed by atoms with Crippen LogP contribution < -0.4 is 0 Å². The summed E-state index contributed by atoms with van der Waals surface area (Å²) >= 11 is 1.74. The fraction of sp³-hybridized carbons (Fsp3) is 0.200. The van der Waals surface area contributed by atoms with Crippen molar-refractivity contribution >= 4 is 11.3 Å². The van der Waals surface area contributed by atoms with Crippen LogP contribution in [-0.4, -0.2) is 4.98 Å². The van der Waals surface area contributed by atoms with Gasteiger partial charge < -0.3 is 0 Å². The molecule has 0 unspecified atom stereocenters. The Kier molecular flexibility index (Phi) is 5.18. The van der Waals surface area contributed by atoms with Crippen LogP contribution in [0.4, 0.5) is 0 Å². The van der Waals surface area contributed by atoms with E-state index in [4.69, 9.17) is 10.2 Å². The molecule has 1 heterocycles. The predicted molar refractivity (Wildman–Crippen MR) is 95.3 cm³/mol. The van der Waals surface area contributed by atoms with Crippen LogP contribution in [0.25, 0.3) is 11.3 Å². The molecule has 0 fully saturated rings. The highest BCUT2D eigenvalue weighted by atomic mass is 32.1. The van der Waals surface area contributed by atoms with Gasteiger partial charge in [0, 0.05) is 10.9 Å². The average molecular weight is 318 g/mol. The summed E-state index contributed by atoms with van der Waals surface area (Å²) in [5.41, 5.74) is 4.25. The molecule has 0 atom stereocenters. The molecule has 0 radical (unpaired) electrons. The largest absolute Gasteiger partial charge is 0.241 e. The van der Waals surface area contributed by atoms with Gasteiger partial charge in [-0.2, -0.15) is 5.26 Å². The number of thiazole rings is 1. The molecule has 0 bridgehead atoms. The van der Waals surface area contributed by atoms with Crippen LogP contribution >= 0.6 is 11.3 Å². The number of hydrogen-bond donors (Lipinski definition) is 0. The van der Waals surface area contributed by atoms with Gasteiger partial charge in [-0.25, -0.2) is 4.98 Å². The summed E-state index contributed by atoms with van der Waals surface area (Å²) in [6.45, 7) is 0. The van der Waals surface area contributed by atoms with E-state index in [0.717, 1.165) is 36.9 Å². The van der Waals surface area contributed by atoms with Crippen LogP contribution in [0, 0.1) is 11.3 Å². The number of hydrogen-bond acceptors (Lipinski definition) is 3. The fourth-order valence-corrected chi connectivity index (χ4v) is 3.42. The lowest BCUT2D eigenvalue weighted by Crippen LogP contribution is -1.90. The zero-order chi connectivity index (χ0) is 15.9. The third-order valence-electron chi connectivity index (χ3n) is 3.78. The van der Waals surface area contributed by atoms with Gasteiger partial charge in [0.05, 0.1) is 22.3 Å². The van der Waals surface area contributed by atoms with Crippen molar-refractivity contribution in [3.63, 3.8) is 0 Å². The maximum absolute atomic E-state index is 8.92. The van der Waals surface area contributed by atoms with Crippen LogP contribution in [0.5, 0.6) is 0 Å². The molecular formula is C20H18N2S. The molecule has 0 N–H and O–H groups in total.